The summed E-state index contributed by atoms with van der Waals surface area (Å²) in [6.07, 6.45) is 3.74. The van der Waals surface area contributed by atoms with E-state index in [2.05, 4.69) is 35.9 Å². The number of hydrogen-bond donors (Lipinski definition) is 1. The third-order valence-electron chi connectivity index (χ3n) is 3.87. The number of rotatable bonds is 5. The van der Waals surface area contributed by atoms with Gasteiger partial charge in [-0.1, -0.05) is 25.4 Å². The van der Waals surface area contributed by atoms with Gasteiger partial charge in [-0.3, -0.25) is 4.90 Å². The summed E-state index contributed by atoms with van der Waals surface area (Å²) in [6.45, 7) is 5.64. The van der Waals surface area contributed by atoms with Crippen molar-refractivity contribution < 1.29 is 4.52 Å². The van der Waals surface area contributed by atoms with Crippen molar-refractivity contribution in [2.45, 2.75) is 51.6 Å². The molecule has 0 saturated heterocycles. The molecule has 1 aromatic heterocycles. The molecule has 2 unspecified atom stereocenters. The van der Waals surface area contributed by atoms with Gasteiger partial charge in [-0.15, -0.1) is 0 Å². The Bertz CT molecular complexity index is 377. The molecule has 0 amide bonds. The van der Waals surface area contributed by atoms with Gasteiger partial charge in [-0.2, -0.15) is 4.98 Å². The average Bonchev–Trinajstić information content (AvgIpc) is 2.96. The number of hydrogen-bond acceptors (Lipinski definition) is 5. The summed E-state index contributed by atoms with van der Waals surface area (Å²) in [6, 6.07) is 0.560. The van der Waals surface area contributed by atoms with E-state index in [1.165, 1.54) is 19.3 Å². The van der Waals surface area contributed by atoms with Gasteiger partial charge in [0.15, 0.2) is 5.82 Å². The van der Waals surface area contributed by atoms with Crippen LogP contribution in [-0.4, -0.2) is 34.7 Å². The molecule has 5 nitrogen and oxygen atoms in total. The molecule has 1 heterocycles. The van der Waals surface area contributed by atoms with Crippen LogP contribution in [0.5, 0.6) is 0 Å². The molecule has 102 valence electrons. The van der Waals surface area contributed by atoms with Gasteiger partial charge in [0.25, 0.3) is 0 Å². The number of nitrogens with two attached hydrogens (primary N) is 1. The van der Waals surface area contributed by atoms with Gasteiger partial charge in [-0.05, 0) is 32.4 Å². The zero-order valence-corrected chi connectivity index (χ0v) is 11.6. The molecule has 1 aliphatic rings. The summed E-state index contributed by atoms with van der Waals surface area (Å²) in [4.78, 5) is 6.73. The number of nitrogens with zero attached hydrogens (tertiary/aromatic N) is 3. The summed E-state index contributed by atoms with van der Waals surface area (Å²) >= 11 is 0. The monoisotopic (exact) mass is 252 g/mol. The van der Waals surface area contributed by atoms with Crippen molar-refractivity contribution in [1.82, 2.24) is 15.0 Å². The van der Waals surface area contributed by atoms with Crippen molar-refractivity contribution in [1.29, 1.82) is 0 Å². The third-order valence-corrected chi connectivity index (χ3v) is 3.87. The van der Waals surface area contributed by atoms with E-state index in [0.717, 1.165) is 18.9 Å². The van der Waals surface area contributed by atoms with Crippen molar-refractivity contribution >= 4 is 0 Å². The van der Waals surface area contributed by atoms with Gasteiger partial charge in [0.2, 0.25) is 5.89 Å². The molecular weight excluding hydrogens is 228 g/mol. The maximum Gasteiger partial charge on any atom is 0.240 e. The second kappa shape index (κ2) is 5.80. The summed E-state index contributed by atoms with van der Waals surface area (Å²) in [5, 5.41) is 4.00. The second-order valence-electron chi connectivity index (χ2n) is 5.61. The largest absolute Gasteiger partial charge is 0.338 e. The molecule has 1 aromatic rings. The van der Waals surface area contributed by atoms with Crippen LogP contribution in [0, 0.1) is 5.92 Å². The van der Waals surface area contributed by atoms with Crippen LogP contribution in [0.4, 0.5) is 0 Å². The van der Waals surface area contributed by atoms with E-state index in [0.29, 0.717) is 23.8 Å². The molecule has 0 aliphatic heterocycles. The van der Waals surface area contributed by atoms with Gasteiger partial charge in [0, 0.05) is 12.0 Å². The molecule has 5 heteroatoms. The first-order chi connectivity index (χ1) is 8.61. The smallest absolute Gasteiger partial charge is 0.240 e. The highest BCUT2D eigenvalue weighted by molar-refractivity contribution is 4.93. The minimum Gasteiger partial charge on any atom is -0.338 e. The maximum atomic E-state index is 5.82. The topological polar surface area (TPSA) is 68.2 Å². The fourth-order valence-corrected chi connectivity index (χ4v) is 2.77. The van der Waals surface area contributed by atoms with Gasteiger partial charge in [0.1, 0.15) is 0 Å². The van der Waals surface area contributed by atoms with E-state index < -0.39 is 0 Å². The van der Waals surface area contributed by atoms with Crippen molar-refractivity contribution in [2.24, 2.45) is 11.7 Å². The predicted molar refractivity (Wildman–Crippen MR) is 70.0 cm³/mol. The first kappa shape index (κ1) is 13.5. The number of aromatic nitrogens is 2. The highest BCUT2D eigenvalue weighted by atomic mass is 16.5. The van der Waals surface area contributed by atoms with Crippen LogP contribution >= 0.6 is 0 Å². The molecular formula is C13H24N4O. The molecule has 1 saturated carbocycles. The van der Waals surface area contributed by atoms with Gasteiger partial charge < -0.3 is 10.3 Å². The first-order valence-corrected chi connectivity index (χ1v) is 6.84. The van der Waals surface area contributed by atoms with Gasteiger partial charge >= 0.3 is 0 Å². The molecule has 18 heavy (non-hydrogen) atoms. The van der Waals surface area contributed by atoms with E-state index in [1.807, 2.05) is 0 Å². The van der Waals surface area contributed by atoms with Crippen molar-refractivity contribution in [3.05, 3.63) is 11.7 Å². The van der Waals surface area contributed by atoms with Crippen molar-refractivity contribution in [3.8, 4) is 0 Å². The Morgan fingerprint density at radius 1 is 1.44 bits per heavy atom. The Morgan fingerprint density at radius 3 is 2.83 bits per heavy atom. The summed E-state index contributed by atoms with van der Waals surface area (Å²) in [5.41, 5.74) is 5.82. The minimum atomic E-state index is 0.316. The quantitative estimate of drug-likeness (QED) is 0.864. The average molecular weight is 252 g/mol. The van der Waals surface area contributed by atoms with Crippen LogP contribution in [0.2, 0.25) is 0 Å². The van der Waals surface area contributed by atoms with Crippen LogP contribution in [0.3, 0.4) is 0 Å². The normalized spacial score (nSPS) is 24.3. The lowest BCUT2D eigenvalue weighted by Gasteiger charge is -2.27. The van der Waals surface area contributed by atoms with E-state index >= 15 is 0 Å². The minimum absolute atomic E-state index is 0.316. The molecule has 1 fully saturated rings. The van der Waals surface area contributed by atoms with Crippen LogP contribution in [0.25, 0.3) is 0 Å². The SMILES string of the molecule is CC(C)c1noc(CN(C)C2CCCC2CN)n1. The van der Waals surface area contributed by atoms with Crippen LogP contribution in [0.15, 0.2) is 4.52 Å². The maximum absolute atomic E-state index is 5.82. The third kappa shape index (κ3) is 2.90. The molecule has 2 N–H and O–H groups in total. The zero-order valence-electron chi connectivity index (χ0n) is 11.6. The zero-order chi connectivity index (χ0) is 13.1. The Balaban J connectivity index is 1.95. The lowest BCUT2D eigenvalue weighted by Crippen LogP contribution is -2.37. The summed E-state index contributed by atoms with van der Waals surface area (Å²) < 4.78 is 5.29. The molecule has 2 atom stereocenters. The van der Waals surface area contributed by atoms with Gasteiger partial charge in [-0.25, -0.2) is 0 Å². The molecule has 0 bridgehead atoms. The van der Waals surface area contributed by atoms with E-state index in [-0.39, 0.29) is 0 Å². The Hall–Kier alpha value is -0.940. The Labute approximate surface area is 109 Å². The van der Waals surface area contributed by atoms with Crippen LogP contribution in [0.1, 0.15) is 50.7 Å². The Kier molecular flexibility index (Phi) is 4.35. The lowest BCUT2D eigenvalue weighted by atomic mass is 10.0. The molecule has 1 aliphatic carbocycles. The standard InChI is InChI=1S/C13H24N4O/c1-9(2)13-15-12(18-16-13)8-17(3)11-6-4-5-10(11)7-14/h9-11H,4-8,14H2,1-3H3. The summed E-state index contributed by atoms with van der Waals surface area (Å²) in [5.74, 6) is 2.43. The second-order valence-corrected chi connectivity index (χ2v) is 5.61. The predicted octanol–water partition coefficient (Wildman–Crippen LogP) is 1.75. The van der Waals surface area contributed by atoms with Crippen LogP contribution in [-0.2, 0) is 6.54 Å². The van der Waals surface area contributed by atoms with Crippen LogP contribution < -0.4 is 5.73 Å². The van der Waals surface area contributed by atoms with Crippen molar-refractivity contribution in [2.75, 3.05) is 13.6 Å². The molecule has 2 rings (SSSR count). The fourth-order valence-electron chi connectivity index (χ4n) is 2.77. The Morgan fingerprint density at radius 2 is 2.22 bits per heavy atom. The van der Waals surface area contributed by atoms with Crippen molar-refractivity contribution in [3.63, 3.8) is 0 Å². The highest BCUT2D eigenvalue weighted by Crippen LogP contribution is 2.29. The molecule has 0 radical (unpaired) electrons. The molecule has 0 aromatic carbocycles. The molecule has 0 spiro atoms. The fraction of sp³-hybridized carbons (Fsp3) is 0.846. The highest BCUT2D eigenvalue weighted by Gasteiger charge is 2.30. The van der Waals surface area contributed by atoms with E-state index in [9.17, 15) is 0 Å². The van der Waals surface area contributed by atoms with E-state index in [4.69, 9.17) is 10.3 Å². The lowest BCUT2D eigenvalue weighted by molar-refractivity contribution is 0.171. The first-order valence-electron chi connectivity index (χ1n) is 6.84. The van der Waals surface area contributed by atoms with E-state index in [1.54, 1.807) is 0 Å². The van der Waals surface area contributed by atoms with Gasteiger partial charge in [0.05, 0.1) is 6.54 Å². The summed E-state index contributed by atoms with van der Waals surface area (Å²) in [7, 11) is 2.12.